The topological polar surface area (TPSA) is 76.7 Å². The number of methoxy groups -OCH3 is 1. The molecule has 0 spiro atoms. The number of alkyl halides is 3. The minimum absolute atomic E-state index is 0.234. The van der Waals surface area contributed by atoms with Gasteiger partial charge >= 0.3 is 6.18 Å². The highest BCUT2D eigenvalue weighted by Crippen LogP contribution is 2.29. The Bertz CT molecular complexity index is 894. The van der Waals surface area contributed by atoms with Gasteiger partial charge in [0.05, 0.1) is 19.3 Å². The van der Waals surface area contributed by atoms with Gasteiger partial charge in [0.1, 0.15) is 0 Å². The average Bonchev–Trinajstić information content (AvgIpc) is 2.70. The van der Waals surface area contributed by atoms with Gasteiger partial charge in [-0.25, -0.2) is 0 Å². The van der Waals surface area contributed by atoms with Gasteiger partial charge in [0, 0.05) is 11.6 Å². The molecule has 29 heavy (non-hydrogen) atoms. The second-order valence-corrected chi connectivity index (χ2v) is 5.70. The van der Waals surface area contributed by atoms with Gasteiger partial charge in [-0.15, -0.1) is 0 Å². The molecular weight excluding hydrogens is 389 g/mol. The molecule has 0 aliphatic heterocycles. The highest BCUT2D eigenvalue weighted by molar-refractivity contribution is 5.98. The van der Waals surface area contributed by atoms with E-state index in [4.69, 9.17) is 9.47 Å². The Hall–Kier alpha value is -3.49. The first kappa shape index (κ1) is 21.8. The van der Waals surface area contributed by atoms with Crippen LogP contribution in [0.1, 0.15) is 28.4 Å². The lowest BCUT2D eigenvalue weighted by molar-refractivity contribution is -0.137. The summed E-state index contributed by atoms with van der Waals surface area (Å²) in [5, 5.41) is 0. The molecule has 2 rings (SSSR count). The Balaban J connectivity index is 1.93. The molecule has 0 heterocycles. The molecule has 0 saturated heterocycles. The van der Waals surface area contributed by atoms with Crippen LogP contribution in [0.15, 0.2) is 48.5 Å². The first-order valence-electron chi connectivity index (χ1n) is 8.51. The second kappa shape index (κ2) is 9.63. The van der Waals surface area contributed by atoms with E-state index in [2.05, 4.69) is 10.9 Å². The summed E-state index contributed by atoms with van der Waals surface area (Å²) >= 11 is 0. The van der Waals surface area contributed by atoms with Gasteiger partial charge in [0.25, 0.3) is 11.8 Å². The average molecular weight is 408 g/mol. The van der Waals surface area contributed by atoms with Crippen molar-refractivity contribution in [2.45, 2.75) is 13.1 Å². The summed E-state index contributed by atoms with van der Waals surface area (Å²) in [5.41, 5.74) is 4.27. The van der Waals surface area contributed by atoms with Crippen molar-refractivity contribution in [2.75, 3.05) is 13.7 Å². The quantitative estimate of drug-likeness (QED) is 0.566. The number of hydrogen-bond acceptors (Lipinski definition) is 4. The third-order valence-corrected chi connectivity index (χ3v) is 3.69. The van der Waals surface area contributed by atoms with E-state index in [0.717, 1.165) is 18.2 Å². The molecule has 2 aromatic carbocycles. The van der Waals surface area contributed by atoms with Gasteiger partial charge in [-0.1, -0.05) is 12.1 Å². The van der Waals surface area contributed by atoms with Crippen LogP contribution in [-0.2, 0) is 11.0 Å². The molecule has 0 fully saturated rings. The van der Waals surface area contributed by atoms with Crippen molar-refractivity contribution in [3.05, 3.63) is 65.2 Å². The van der Waals surface area contributed by atoms with Crippen LogP contribution < -0.4 is 20.3 Å². The Morgan fingerprint density at radius 3 is 2.31 bits per heavy atom. The zero-order valence-electron chi connectivity index (χ0n) is 15.7. The molecule has 2 aromatic rings. The number of rotatable bonds is 6. The zero-order valence-corrected chi connectivity index (χ0v) is 15.7. The Morgan fingerprint density at radius 1 is 1.03 bits per heavy atom. The Labute approximate surface area is 165 Å². The standard InChI is InChI=1S/C20H19F3N2O4/c1-3-29-16-10-7-14(12-17(16)28-2)19(27)25-24-18(26)11-6-13-4-8-15(9-5-13)20(21,22)23/h4-12H,3H2,1-2H3,(H,24,26)(H,25,27)/b11-6+. The van der Waals surface area contributed by atoms with Crippen LogP contribution >= 0.6 is 0 Å². The first-order chi connectivity index (χ1) is 13.7. The number of nitrogens with one attached hydrogen (secondary N) is 2. The molecule has 154 valence electrons. The first-order valence-corrected chi connectivity index (χ1v) is 8.51. The normalized spacial score (nSPS) is 11.2. The number of benzene rings is 2. The van der Waals surface area contributed by atoms with Crippen LogP contribution in [0.4, 0.5) is 13.2 Å². The monoisotopic (exact) mass is 408 g/mol. The van der Waals surface area contributed by atoms with Crippen molar-refractivity contribution in [1.82, 2.24) is 10.9 Å². The highest BCUT2D eigenvalue weighted by atomic mass is 19.4. The van der Waals surface area contributed by atoms with E-state index < -0.39 is 23.6 Å². The minimum atomic E-state index is -4.42. The van der Waals surface area contributed by atoms with Crippen molar-refractivity contribution in [3.63, 3.8) is 0 Å². The zero-order chi connectivity index (χ0) is 21.4. The Morgan fingerprint density at radius 2 is 1.72 bits per heavy atom. The number of hydrogen-bond donors (Lipinski definition) is 2. The van der Waals surface area contributed by atoms with Crippen molar-refractivity contribution >= 4 is 17.9 Å². The molecule has 9 heteroatoms. The van der Waals surface area contributed by atoms with Gasteiger partial charge in [0.2, 0.25) is 0 Å². The summed E-state index contributed by atoms with van der Waals surface area (Å²) in [7, 11) is 1.44. The van der Waals surface area contributed by atoms with Crippen molar-refractivity contribution in [2.24, 2.45) is 0 Å². The number of carbonyl (C=O) groups excluding carboxylic acids is 2. The number of ether oxygens (including phenoxy) is 2. The second-order valence-electron chi connectivity index (χ2n) is 5.70. The Kier molecular flexibility index (Phi) is 7.24. The van der Waals surface area contributed by atoms with Gasteiger partial charge < -0.3 is 9.47 Å². The SMILES string of the molecule is CCOc1ccc(C(=O)NNC(=O)/C=C/c2ccc(C(F)(F)F)cc2)cc1OC. The molecule has 0 saturated carbocycles. The van der Waals surface area contributed by atoms with Gasteiger partial charge in [-0.3, -0.25) is 20.4 Å². The maximum Gasteiger partial charge on any atom is 0.416 e. The third-order valence-electron chi connectivity index (χ3n) is 3.69. The fourth-order valence-electron chi connectivity index (χ4n) is 2.27. The molecule has 0 bridgehead atoms. The van der Waals surface area contributed by atoms with E-state index >= 15 is 0 Å². The third kappa shape index (κ3) is 6.27. The lowest BCUT2D eigenvalue weighted by Crippen LogP contribution is -2.40. The van der Waals surface area contributed by atoms with E-state index in [1.807, 2.05) is 6.92 Å². The van der Waals surface area contributed by atoms with Crippen LogP contribution in [0.25, 0.3) is 6.08 Å². The van der Waals surface area contributed by atoms with Gasteiger partial charge in [0.15, 0.2) is 11.5 Å². The van der Waals surface area contributed by atoms with Gasteiger partial charge in [-0.2, -0.15) is 13.2 Å². The van der Waals surface area contributed by atoms with E-state index in [1.165, 1.54) is 37.5 Å². The predicted octanol–water partition coefficient (Wildman–Crippen LogP) is 3.59. The molecule has 0 radical (unpaired) electrons. The smallest absolute Gasteiger partial charge is 0.416 e. The van der Waals surface area contributed by atoms with Crippen molar-refractivity contribution < 1.29 is 32.2 Å². The van der Waals surface area contributed by atoms with Crippen LogP contribution in [0.5, 0.6) is 11.5 Å². The van der Waals surface area contributed by atoms with Gasteiger partial charge in [-0.05, 0) is 48.9 Å². The van der Waals surface area contributed by atoms with Crippen LogP contribution in [-0.4, -0.2) is 25.5 Å². The number of hydrazine groups is 1. The fraction of sp³-hybridized carbons (Fsp3) is 0.200. The van der Waals surface area contributed by atoms with E-state index in [-0.39, 0.29) is 5.56 Å². The van der Waals surface area contributed by atoms with Crippen molar-refractivity contribution in [3.8, 4) is 11.5 Å². The molecule has 2 amide bonds. The summed E-state index contributed by atoms with van der Waals surface area (Å²) < 4.78 is 48.1. The lowest BCUT2D eigenvalue weighted by Gasteiger charge is -2.11. The molecule has 0 aliphatic rings. The molecular formula is C20H19F3N2O4. The predicted molar refractivity (Wildman–Crippen MR) is 100 cm³/mol. The number of amides is 2. The summed E-state index contributed by atoms with van der Waals surface area (Å²) in [4.78, 5) is 23.9. The maximum atomic E-state index is 12.5. The summed E-state index contributed by atoms with van der Waals surface area (Å²) in [6.45, 7) is 2.25. The molecule has 0 atom stereocenters. The summed E-state index contributed by atoms with van der Waals surface area (Å²) in [6.07, 6.45) is -2.02. The lowest BCUT2D eigenvalue weighted by atomic mass is 10.1. The molecule has 0 unspecified atom stereocenters. The van der Waals surface area contributed by atoms with E-state index in [0.29, 0.717) is 23.7 Å². The summed E-state index contributed by atoms with van der Waals surface area (Å²) in [6, 6.07) is 8.84. The number of halogens is 3. The molecule has 2 N–H and O–H groups in total. The van der Waals surface area contributed by atoms with Crippen molar-refractivity contribution in [1.29, 1.82) is 0 Å². The van der Waals surface area contributed by atoms with Crippen LogP contribution in [0.2, 0.25) is 0 Å². The highest BCUT2D eigenvalue weighted by Gasteiger charge is 2.29. The summed E-state index contributed by atoms with van der Waals surface area (Å²) in [5.74, 6) is -0.387. The maximum absolute atomic E-state index is 12.5. The van der Waals surface area contributed by atoms with Crippen LogP contribution in [0, 0.1) is 0 Å². The number of carbonyl (C=O) groups is 2. The van der Waals surface area contributed by atoms with E-state index in [9.17, 15) is 22.8 Å². The molecule has 0 aliphatic carbocycles. The fourth-order valence-corrected chi connectivity index (χ4v) is 2.27. The largest absolute Gasteiger partial charge is 0.493 e. The molecule has 0 aromatic heterocycles. The minimum Gasteiger partial charge on any atom is -0.493 e. The van der Waals surface area contributed by atoms with E-state index in [1.54, 1.807) is 6.07 Å². The molecule has 6 nitrogen and oxygen atoms in total. The van der Waals surface area contributed by atoms with Crippen LogP contribution in [0.3, 0.4) is 0 Å².